The van der Waals surface area contributed by atoms with Crippen molar-refractivity contribution < 1.29 is 9.21 Å². The molecule has 3 aromatic rings. The van der Waals surface area contributed by atoms with Crippen LogP contribution in [0.15, 0.2) is 51.7 Å². The van der Waals surface area contributed by atoms with Gasteiger partial charge in [0.25, 0.3) is 5.91 Å². The Morgan fingerprint density at radius 3 is 2.61 bits per heavy atom. The number of rotatable bonds is 2. The number of carbonyl (C=O) groups excluding carboxylic acids is 1. The van der Waals surface area contributed by atoms with Crippen LogP contribution < -0.4 is 10.7 Å². The van der Waals surface area contributed by atoms with Gasteiger partial charge in [-0.2, -0.15) is 0 Å². The first-order valence-electron chi connectivity index (χ1n) is 7.06. The van der Waals surface area contributed by atoms with E-state index in [-0.39, 0.29) is 11.2 Å². The molecule has 116 valence electrons. The van der Waals surface area contributed by atoms with Crippen LogP contribution in [0.1, 0.15) is 21.7 Å². The Hall–Kier alpha value is -2.59. The molecule has 0 bridgehead atoms. The Kier molecular flexibility index (Phi) is 3.92. The summed E-state index contributed by atoms with van der Waals surface area (Å²) in [7, 11) is 0. The van der Waals surface area contributed by atoms with Gasteiger partial charge in [-0.25, -0.2) is 0 Å². The summed E-state index contributed by atoms with van der Waals surface area (Å²) < 4.78 is 5.52. The smallest absolute Gasteiger partial charge is 0.291 e. The number of carbonyl (C=O) groups is 1. The van der Waals surface area contributed by atoms with Crippen molar-refractivity contribution in [1.82, 2.24) is 0 Å². The average Bonchev–Trinajstić information content (AvgIpc) is 2.50. The first kappa shape index (κ1) is 15.3. The summed E-state index contributed by atoms with van der Waals surface area (Å²) in [5, 5.41) is 3.55. The zero-order valence-corrected chi connectivity index (χ0v) is 13.4. The topological polar surface area (TPSA) is 59.3 Å². The summed E-state index contributed by atoms with van der Waals surface area (Å²) in [6.45, 7) is 3.88. The molecule has 3 rings (SSSR count). The van der Waals surface area contributed by atoms with Crippen LogP contribution in [0.5, 0.6) is 0 Å². The van der Waals surface area contributed by atoms with Crippen LogP contribution in [-0.4, -0.2) is 5.91 Å². The molecule has 0 saturated heterocycles. The van der Waals surface area contributed by atoms with Gasteiger partial charge in [0.15, 0.2) is 11.2 Å². The number of anilines is 1. The van der Waals surface area contributed by atoms with Crippen molar-refractivity contribution in [2.24, 2.45) is 0 Å². The van der Waals surface area contributed by atoms with E-state index < -0.39 is 5.91 Å². The summed E-state index contributed by atoms with van der Waals surface area (Å²) in [6.07, 6.45) is 0. The molecule has 0 atom stereocenters. The zero-order chi connectivity index (χ0) is 16.6. The SMILES string of the molecule is Cc1ccc(NC(=O)c2cc(=O)c3cc(Cl)ccc3o2)c(C)c1. The fourth-order valence-corrected chi connectivity index (χ4v) is 2.55. The minimum Gasteiger partial charge on any atom is -0.451 e. The maximum atomic E-state index is 12.3. The summed E-state index contributed by atoms with van der Waals surface area (Å²) in [5.41, 5.74) is 2.74. The van der Waals surface area contributed by atoms with E-state index in [1.807, 2.05) is 32.0 Å². The molecule has 0 aliphatic heterocycles. The van der Waals surface area contributed by atoms with Crippen LogP contribution >= 0.6 is 11.6 Å². The highest BCUT2D eigenvalue weighted by molar-refractivity contribution is 6.31. The minimum absolute atomic E-state index is 0.0372. The fourth-order valence-electron chi connectivity index (χ4n) is 2.38. The summed E-state index contributed by atoms with van der Waals surface area (Å²) in [5.74, 6) is -0.504. The Morgan fingerprint density at radius 1 is 1.09 bits per heavy atom. The Morgan fingerprint density at radius 2 is 1.87 bits per heavy atom. The van der Waals surface area contributed by atoms with Gasteiger partial charge in [-0.1, -0.05) is 29.3 Å². The number of aryl methyl sites for hydroxylation is 2. The van der Waals surface area contributed by atoms with Gasteiger partial charge in [0.1, 0.15) is 5.58 Å². The van der Waals surface area contributed by atoms with Crippen LogP contribution in [-0.2, 0) is 0 Å². The van der Waals surface area contributed by atoms with Crippen molar-refractivity contribution in [3.05, 3.63) is 74.6 Å². The molecule has 5 heteroatoms. The number of halogens is 1. The lowest BCUT2D eigenvalue weighted by Gasteiger charge is -2.09. The molecule has 0 spiro atoms. The normalized spacial score (nSPS) is 10.7. The number of amides is 1. The molecule has 1 N–H and O–H groups in total. The molecule has 1 aromatic heterocycles. The number of hydrogen-bond acceptors (Lipinski definition) is 3. The van der Waals surface area contributed by atoms with Gasteiger partial charge in [-0.3, -0.25) is 9.59 Å². The van der Waals surface area contributed by atoms with E-state index in [0.29, 0.717) is 21.7 Å². The third-order valence-corrected chi connectivity index (χ3v) is 3.78. The average molecular weight is 328 g/mol. The molecule has 2 aromatic carbocycles. The molecular weight excluding hydrogens is 314 g/mol. The second-order valence-electron chi connectivity index (χ2n) is 5.39. The molecule has 23 heavy (non-hydrogen) atoms. The minimum atomic E-state index is -0.467. The molecular formula is C18H14ClNO3. The fraction of sp³-hybridized carbons (Fsp3) is 0.111. The number of nitrogens with one attached hydrogen (secondary N) is 1. The Bertz CT molecular complexity index is 976. The van der Waals surface area contributed by atoms with Crippen molar-refractivity contribution in [3.8, 4) is 0 Å². The lowest BCUT2D eigenvalue weighted by molar-refractivity contribution is 0.0997. The highest BCUT2D eigenvalue weighted by Gasteiger charge is 2.13. The van der Waals surface area contributed by atoms with Crippen molar-refractivity contribution >= 4 is 34.2 Å². The molecule has 0 unspecified atom stereocenters. The van der Waals surface area contributed by atoms with E-state index in [1.54, 1.807) is 12.1 Å². The van der Waals surface area contributed by atoms with Crippen LogP contribution in [0.2, 0.25) is 5.02 Å². The van der Waals surface area contributed by atoms with Gasteiger partial charge in [0, 0.05) is 16.8 Å². The van der Waals surface area contributed by atoms with Crippen molar-refractivity contribution in [2.75, 3.05) is 5.32 Å². The maximum Gasteiger partial charge on any atom is 0.291 e. The second-order valence-corrected chi connectivity index (χ2v) is 5.82. The first-order valence-corrected chi connectivity index (χ1v) is 7.44. The highest BCUT2D eigenvalue weighted by Crippen LogP contribution is 2.20. The standard InChI is InChI=1S/C18H14ClNO3/c1-10-3-5-14(11(2)7-10)20-18(22)17-9-15(21)13-8-12(19)4-6-16(13)23-17/h3-9H,1-2H3,(H,20,22). The number of fused-ring (bicyclic) bond motifs is 1. The molecule has 1 amide bonds. The third kappa shape index (κ3) is 3.12. The monoisotopic (exact) mass is 327 g/mol. The lowest BCUT2D eigenvalue weighted by atomic mass is 10.1. The Labute approximate surface area is 137 Å². The van der Waals surface area contributed by atoms with Gasteiger partial charge >= 0.3 is 0 Å². The summed E-state index contributed by atoms with van der Waals surface area (Å²) in [6, 6.07) is 11.6. The molecule has 1 heterocycles. The highest BCUT2D eigenvalue weighted by atomic mass is 35.5. The van der Waals surface area contributed by atoms with Crippen molar-refractivity contribution in [3.63, 3.8) is 0 Å². The molecule has 0 radical (unpaired) electrons. The number of hydrogen-bond donors (Lipinski definition) is 1. The van der Waals surface area contributed by atoms with Gasteiger partial charge in [0.2, 0.25) is 0 Å². The van der Waals surface area contributed by atoms with Crippen LogP contribution in [0.4, 0.5) is 5.69 Å². The predicted octanol–water partition coefficient (Wildman–Crippen LogP) is 4.32. The van der Waals surface area contributed by atoms with Crippen LogP contribution in [0.3, 0.4) is 0 Å². The van der Waals surface area contributed by atoms with Crippen LogP contribution in [0, 0.1) is 13.8 Å². The molecule has 0 aliphatic rings. The zero-order valence-electron chi connectivity index (χ0n) is 12.6. The van der Waals surface area contributed by atoms with Gasteiger partial charge < -0.3 is 9.73 Å². The number of benzene rings is 2. The van der Waals surface area contributed by atoms with E-state index in [9.17, 15) is 9.59 Å². The molecule has 4 nitrogen and oxygen atoms in total. The molecule has 0 fully saturated rings. The van der Waals surface area contributed by atoms with E-state index in [0.717, 1.165) is 11.1 Å². The maximum absolute atomic E-state index is 12.3. The summed E-state index contributed by atoms with van der Waals surface area (Å²) >= 11 is 5.87. The third-order valence-electron chi connectivity index (χ3n) is 3.54. The van der Waals surface area contributed by atoms with Gasteiger partial charge in [-0.15, -0.1) is 0 Å². The Balaban J connectivity index is 1.98. The van der Waals surface area contributed by atoms with Crippen molar-refractivity contribution in [1.29, 1.82) is 0 Å². The summed E-state index contributed by atoms with van der Waals surface area (Å²) in [4.78, 5) is 24.5. The van der Waals surface area contributed by atoms with Gasteiger partial charge in [-0.05, 0) is 43.7 Å². The first-order chi connectivity index (χ1) is 10.9. The van der Waals surface area contributed by atoms with Gasteiger partial charge in [0.05, 0.1) is 5.39 Å². The molecule has 0 aliphatic carbocycles. The predicted molar refractivity (Wildman–Crippen MR) is 91.4 cm³/mol. The second kappa shape index (κ2) is 5.89. The largest absolute Gasteiger partial charge is 0.451 e. The lowest BCUT2D eigenvalue weighted by Crippen LogP contribution is -2.15. The van der Waals surface area contributed by atoms with Crippen molar-refractivity contribution in [2.45, 2.75) is 13.8 Å². The van der Waals surface area contributed by atoms with E-state index in [4.69, 9.17) is 16.0 Å². The van der Waals surface area contributed by atoms with E-state index in [2.05, 4.69) is 5.32 Å². The van der Waals surface area contributed by atoms with Crippen LogP contribution in [0.25, 0.3) is 11.0 Å². The molecule has 0 saturated carbocycles. The quantitative estimate of drug-likeness (QED) is 0.762. The van der Waals surface area contributed by atoms with E-state index >= 15 is 0 Å². The van der Waals surface area contributed by atoms with E-state index in [1.165, 1.54) is 12.1 Å².